The summed E-state index contributed by atoms with van der Waals surface area (Å²) in [5.74, 6) is -2.79. The Morgan fingerprint density at radius 1 is 1.33 bits per heavy atom. The van der Waals surface area contributed by atoms with Gasteiger partial charge in [0.1, 0.15) is 0 Å². The van der Waals surface area contributed by atoms with E-state index in [1.165, 1.54) is 12.1 Å². The molecule has 0 aliphatic rings. The molecule has 0 saturated heterocycles. The maximum atomic E-state index is 12.1. The number of carbonyl (C=O) groups excluding carboxylic acids is 1. The maximum absolute atomic E-state index is 12.1. The molecule has 0 saturated carbocycles. The highest BCUT2D eigenvalue weighted by molar-refractivity contribution is 7.91. The van der Waals surface area contributed by atoms with Crippen LogP contribution in [0.5, 0.6) is 0 Å². The lowest BCUT2D eigenvalue weighted by Gasteiger charge is -2.08. The molecular weight excluding hydrogens is 273 g/mol. The van der Waals surface area contributed by atoms with Gasteiger partial charge in [-0.15, -0.1) is 0 Å². The summed E-state index contributed by atoms with van der Waals surface area (Å²) in [5.41, 5.74) is -0.124. The molecule has 0 radical (unpaired) electrons. The monoisotopic (exact) mass is 282 g/mol. The molecular formula is C10H9F3O4S. The van der Waals surface area contributed by atoms with Crippen molar-refractivity contribution in [2.75, 3.05) is 12.9 Å². The summed E-state index contributed by atoms with van der Waals surface area (Å²) in [6, 6.07) is 4.27. The van der Waals surface area contributed by atoms with Crippen molar-refractivity contribution in [3.05, 3.63) is 29.8 Å². The fourth-order valence-corrected chi connectivity index (χ4v) is 2.42. The van der Waals surface area contributed by atoms with E-state index in [4.69, 9.17) is 0 Å². The summed E-state index contributed by atoms with van der Waals surface area (Å²) in [4.78, 5) is 10.6. The molecule has 1 rings (SSSR count). The molecule has 0 amide bonds. The van der Waals surface area contributed by atoms with Crippen molar-refractivity contribution >= 4 is 15.8 Å². The summed E-state index contributed by atoms with van der Waals surface area (Å²) >= 11 is 0. The van der Waals surface area contributed by atoms with Crippen LogP contribution in [0.2, 0.25) is 0 Å². The molecule has 0 heterocycles. The molecule has 18 heavy (non-hydrogen) atoms. The zero-order valence-electron chi connectivity index (χ0n) is 9.19. The second-order valence-corrected chi connectivity index (χ2v) is 5.38. The number of methoxy groups -OCH3 is 1. The average Bonchev–Trinajstić information content (AvgIpc) is 2.25. The molecule has 0 aromatic heterocycles. The van der Waals surface area contributed by atoms with Gasteiger partial charge in [0.15, 0.2) is 15.6 Å². The lowest BCUT2D eigenvalue weighted by Crippen LogP contribution is -2.23. The van der Waals surface area contributed by atoms with E-state index in [0.717, 1.165) is 19.2 Å². The Labute approximate surface area is 101 Å². The van der Waals surface area contributed by atoms with Crippen LogP contribution in [0.3, 0.4) is 0 Å². The van der Waals surface area contributed by atoms with Crippen molar-refractivity contribution in [2.45, 2.75) is 11.1 Å². The Hall–Kier alpha value is -1.57. The molecule has 0 bridgehead atoms. The highest BCUT2D eigenvalue weighted by Crippen LogP contribution is 2.23. The highest BCUT2D eigenvalue weighted by Gasteiger charge is 2.36. The minimum Gasteiger partial charge on any atom is -0.465 e. The molecule has 8 heteroatoms. The third-order valence-corrected chi connectivity index (χ3v) is 3.65. The minimum atomic E-state index is -4.83. The maximum Gasteiger partial charge on any atom is 0.403 e. The van der Waals surface area contributed by atoms with Crippen molar-refractivity contribution in [3.8, 4) is 0 Å². The number of carbonyl (C=O) groups is 1. The van der Waals surface area contributed by atoms with Crippen molar-refractivity contribution < 1.29 is 31.1 Å². The van der Waals surface area contributed by atoms with Crippen LogP contribution in [0.4, 0.5) is 13.2 Å². The molecule has 0 aliphatic heterocycles. The summed E-state index contributed by atoms with van der Waals surface area (Å²) in [6.45, 7) is 0. The van der Waals surface area contributed by atoms with E-state index in [1.807, 2.05) is 0 Å². The van der Waals surface area contributed by atoms with Gasteiger partial charge in [-0.05, 0) is 18.2 Å². The second-order valence-electron chi connectivity index (χ2n) is 3.39. The Bertz CT molecular complexity index is 548. The van der Waals surface area contributed by atoms with Gasteiger partial charge in [0, 0.05) is 0 Å². The first-order valence-electron chi connectivity index (χ1n) is 4.63. The summed E-state index contributed by atoms with van der Waals surface area (Å²) in [7, 11) is -3.43. The molecule has 4 nitrogen and oxygen atoms in total. The van der Waals surface area contributed by atoms with Crippen LogP contribution in [-0.4, -0.2) is 33.4 Å². The topological polar surface area (TPSA) is 60.4 Å². The number of hydrogen-bond donors (Lipinski definition) is 0. The Morgan fingerprint density at radius 3 is 2.44 bits per heavy atom. The first-order chi connectivity index (χ1) is 8.15. The van der Waals surface area contributed by atoms with E-state index < -0.39 is 32.6 Å². The quantitative estimate of drug-likeness (QED) is 0.793. The number of benzene rings is 1. The highest BCUT2D eigenvalue weighted by atomic mass is 32.2. The summed E-state index contributed by atoms with van der Waals surface area (Å²) < 4.78 is 63.5. The van der Waals surface area contributed by atoms with E-state index in [9.17, 15) is 26.4 Å². The zero-order chi connectivity index (χ0) is 14.0. The molecule has 0 fully saturated rings. The Morgan fingerprint density at radius 2 is 1.94 bits per heavy atom. The molecule has 1 aromatic carbocycles. The predicted octanol–water partition coefficient (Wildman–Crippen LogP) is 1.81. The molecule has 0 spiro atoms. The van der Waals surface area contributed by atoms with Crippen LogP contribution in [0, 0.1) is 0 Å². The number of halogens is 3. The number of rotatable bonds is 3. The SMILES string of the molecule is COC(=O)c1cccc(S(=O)(=O)CC(F)(F)F)c1. The van der Waals surface area contributed by atoms with Gasteiger partial charge in [-0.25, -0.2) is 13.2 Å². The number of alkyl halides is 3. The predicted molar refractivity (Wildman–Crippen MR) is 55.9 cm³/mol. The minimum absolute atomic E-state index is 0.124. The zero-order valence-corrected chi connectivity index (χ0v) is 10.0. The van der Waals surface area contributed by atoms with Crippen LogP contribution >= 0.6 is 0 Å². The van der Waals surface area contributed by atoms with Crippen LogP contribution in [0.25, 0.3) is 0 Å². The normalized spacial score (nSPS) is 12.2. The summed E-state index contributed by atoms with van der Waals surface area (Å²) in [6.07, 6.45) is -4.83. The van der Waals surface area contributed by atoms with Gasteiger partial charge in [-0.1, -0.05) is 6.07 Å². The second kappa shape index (κ2) is 4.97. The van der Waals surface area contributed by atoms with Gasteiger partial charge in [-0.2, -0.15) is 13.2 Å². The number of esters is 1. The largest absolute Gasteiger partial charge is 0.465 e. The average molecular weight is 282 g/mol. The van der Waals surface area contributed by atoms with Crippen LogP contribution in [0.1, 0.15) is 10.4 Å². The first-order valence-corrected chi connectivity index (χ1v) is 6.29. The number of ether oxygens (including phenoxy) is 1. The van der Waals surface area contributed by atoms with Gasteiger partial charge in [0.25, 0.3) is 0 Å². The molecule has 0 N–H and O–H groups in total. The third-order valence-electron chi connectivity index (χ3n) is 1.97. The molecule has 0 unspecified atom stereocenters. The van der Waals surface area contributed by atoms with E-state index in [2.05, 4.69) is 4.74 Å². The molecule has 0 aliphatic carbocycles. The fourth-order valence-electron chi connectivity index (χ4n) is 1.23. The fraction of sp³-hybridized carbons (Fsp3) is 0.300. The summed E-state index contributed by atoms with van der Waals surface area (Å²) in [5, 5.41) is 0. The Kier molecular flexibility index (Phi) is 4.00. The van der Waals surface area contributed by atoms with Crippen LogP contribution < -0.4 is 0 Å². The molecule has 100 valence electrons. The van der Waals surface area contributed by atoms with Gasteiger partial charge in [0.05, 0.1) is 17.6 Å². The molecule has 1 aromatic rings. The van der Waals surface area contributed by atoms with Gasteiger partial charge in [0.2, 0.25) is 0 Å². The van der Waals surface area contributed by atoms with E-state index in [1.54, 1.807) is 0 Å². The number of sulfone groups is 1. The van der Waals surface area contributed by atoms with Crippen molar-refractivity contribution in [1.82, 2.24) is 0 Å². The van der Waals surface area contributed by atoms with E-state index in [0.29, 0.717) is 0 Å². The van der Waals surface area contributed by atoms with E-state index >= 15 is 0 Å². The molecule has 0 atom stereocenters. The first kappa shape index (κ1) is 14.5. The Balaban J connectivity index is 3.14. The van der Waals surface area contributed by atoms with Gasteiger partial charge < -0.3 is 4.74 Å². The number of hydrogen-bond acceptors (Lipinski definition) is 4. The lowest BCUT2D eigenvalue weighted by atomic mass is 10.2. The third kappa shape index (κ3) is 3.73. The van der Waals surface area contributed by atoms with Crippen LogP contribution in [-0.2, 0) is 14.6 Å². The van der Waals surface area contributed by atoms with Crippen LogP contribution in [0.15, 0.2) is 29.2 Å². The standard InChI is InChI=1S/C10H9F3O4S/c1-17-9(14)7-3-2-4-8(5-7)18(15,16)6-10(11,12)13/h2-5H,6H2,1H3. The van der Waals surface area contributed by atoms with E-state index in [-0.39, 0.29) is 5.56 Å². The van der Waals surface area contributed by atoms with Gasteiger partial charge in [-0.3, -0.25) is 0 Å². The van der Waals surface area contributed by atoms with Crippen molar-refractivity contribution in [3.63, 3.8) is 0 Å². The smallest absolute Gasteiger partial charge is 0.403 e. The van der Waals surface area contributed by atoms with Crippen molar-refractivity contribution in [2.24, 2.45) is 0 Å². The van der Waals surface area contributed by atoms with Crippen molar-refractivity contribution in [1.29, 1.82) is 0 Å². The lowest BCUT2D eigenvalue weighted by molar-refractivity contribution is -0.106. The van der Waals surface area contributed by atoms with Gasteiger partial charge >= 0.3 is 12.1 Å².